The fourth-order valence-electron chi connectivity index (χ4n) is 2.36. The molecule has 144 valence electrons. The number of benzene rings is 2. The molecule has 0 aliphatic carbocycles. The molecule has 0 fully saturated rings. The van der Waals surface area contributed by atoms with Crippen LogP contribution in [-0.4, -0.2) is 41.1 Å². The van der Waals surface area contributed by atoms with Gasteiger partial charge in [0.2, 0.25) is 5.91 Å². The van der Waals surface area contributed by atoms with Crippen molar-refractivity contribution in [3.63, 3.8) is 0 Å². The highest BCUT2D eigenvalue weighted by Crippen LogP contribution is 2.32. The molecule has 8 nitrogen and oxygen atoms in total. The molecule has 9 heteroatoms. The monoisotopic (exact) mass is 392 g/mol. The summed E-state index contributed by atoms with van der Waals surface area (Å²) in [4.78, 5) is 22.9. The Hall–Kier alpha value is -3.07. The van der Waals surface area contributed by atoms with Crippen LogP contribution in [0.15, 0.2) is 53.4 Å². The summed E-state index contributed by atoms with van der Waals surface area (Å²) in [5, 5.41) is 2.56. The Balaban J connectivity index is 2.50. The lowest BCUT2D eigenvalue weighted by molar-refractivity contribution is -0.138. The summed E-state index contributed by atoms with van der Waals surface area (Å²) in [5.74, 6) is -0.703. The third-order valence-electron chi connectivity index (χ3n) is 3.62. The highest BCUT2D eigenvalue weighted by atomic mass is 32.2. The maximum absolute atomic E-state index is 13.2. The fourth-order valence-corrected chi connectivity index (χ4v) is 3.78. The predicted octanol–water partition coefficient (Wildman–Crippen LogP) is 2.02. The molecule has 1 amide bonds. The van der Waals surface area contributed by atoms with Crippen LogP contribution in [0.3, 0.4) is 0 Å². The number of nitrogens with zero attached hydrogens (tertiary/aromatic N) is 1. The van der Waals surface area contributed by atoms with E-state index in [1.807, 2.05) is 0 Å². The summed E-state index contributed by atoms with van der Waals surface area (Å²) in [6.07, 6.45) is 0. The molecule has 0 spiro atoms. The minimum Gasteiger partial charge on any atom is -0.495 e. The van der Waals surface area contributed by atoms with Crippen molar-refractivity contribution < 1.29 is 27.5 Å². The molecule has 0 atom stereocenters. The van der Waals surface area contributed by atoms with Crippen LogP contribution in [0.4, 0.5) is 11.4 Å². The number of rotatable bonds is 7. The van der Waals surface area contributed by atoms with Crippen LogP contribution in [0.1, 0.15) is 6.92 Å². The Labute approximate surface area is 157 Å². The molecule has 2 rings (SSSR count). The number of carbonyl (C=O) groups is 2. The summed E-state index contributed by atoms with van der Waals surface area (Å²) < 4.78 is 37.1. The standard InChI is InChI=1S/C18H20N2O6S/c1-13(21)19-14-8-10-15(11-9-14)27(23,24)20(12-18(22)26-3)16-6-4-5-7-17(16)25-2/h4-11H,12H2,1-3H3,(H,19,21). The molecule has 0 unspecified atom stereocenters. The number of methoxy groups -OCH3 is 2. The molecule has 0 heterocycles. The number of esters is 1. The largest absolute Gasteiger partial charge is 0.495 e. The number of carbonyl (C=O) groups excluding carboxylic acids is 2. The SMILES string of the molecule is COC(=O)CN(c1ccccc1OC)S(=O)(=O)c1ccc(NC(C)=O)cc1. The van der Waals surface area contributed by atoms with Gasteiger partial charge in [-0.1, -0.05) is 12.1 Å². The van der Waals surface area contributed by atoms with E-state index in [0.29, 0.717) is 11.4 Å². The van der Waals surface area contributed by atoms with Gasteiger partial charge in [0.25, 0.3) is 10.0 Å². The molecular formula is C18H20N2O6S. The minimum absolute atomic E-state index is 0.0496. The Morgan fingerprint density at radius 3 is 2.22 bits per heavy atom. The maximum atomic E-state index is 13.2. The van der Waals surface area contributed by atoms with E-state index in [4.69, 9.17) is 4.74 Å². The molecule has 1 N–H and O–H groups in total. The summed E-state index contributed by atoms with van der Waals surface area (Å²) in [5.41, 5.74) is 0.662. The van der Waals surface area contributed by atoms with Crippen molar-refractivity contribution in [3.05, 3.63) is 48.5 Å². The van der Waals surface area contributed by atoms with Crippen LogP contribution in [0.5, 0.6) is 5.75 Å². The summed E-state index contributed by atoms with van der Waals surface area (Å²) in [7, 11) is -1.51. The second-order valence-corrected chi connectivity index (χ2v) is 7.33. The molecule has 27 heavy (non-hydrogen) atoms. The van der Waals surface area contributed by atoms with Gasteiger partial charge < -0.3 is 14.8 Å². The Bertz CT molecular complexity index is 925. The Kier molecular flexibility index (Phi) is 6.40. The van der Waals surface area contributed by atoms with Gasteiger partial charge in [-0.3, -0.25) is 13.9 Å². The van der Waals surface area contributed by atoms with Gasteiger partial charge >= 0.3 is 5.97 Å². The predicted molar refractivity (Wildman–Crippen MR) is 100 cm³/mol. The lowest BCUT2D eigenvalue weighted by Crippen LogP contribution is -2.36. The van der Waals surface area contributed by atoms with E-state index >= 15 is 0 Å². The van der Waals surface area contributed by atoms with Crippen molar-refractivity contribution in [2.45, 2.75) is 11.8 Å². The first-order valence-electron chi connectivity index (χ1n) is 7.90. The van der Waals surface area contributed by atoms with E-state index in [0.717, 1.165) is 4.31 Å². The number of nitrogens with one attached hydrogen (secondary N) is 1. The number of para-hydroxylation sites is 2. The first kappa shape index (κ1) is 20.2. The van der Waals surface area contributed by atoms with Crippen LogP contribution >= 0.6 is 0 Å². The number of anilines is 2. The van der Waals surface area contributed by atoms with Gasteiger partial charge in [-0.2, -0.15) is 0 Å². The highest BCUT2D eigenvalue weighted by Gasteiger charge is 2.29. The number of hydrogen-bond acceptors (Lipinski definition) is 6. The number of hydrogen-bond donors (Lipinski definition) is 1. The second-order valence-electron chi connectivity index (χ2n) is 5.47. The molecule has 0 saturated heterocycles. The Morgan fingerprint density at radius 1 is 1.04 bits per heavy atom. The zero-order valence-corrected chi connectivity index (χ0v) is 15.9. The van der Waals surface area contributed by atoms with E-state index in [9.17, 15) is 18.0 Å². The maximum Gasteiger partial charge on any atom is 0.326 e. The molecule has 2 aromatic carbocycles. The average molecular weight is 392 g/mol. The van der Waals surface area contributed by atoms with E-state index in [1.54, 1.807) is 18.2 Å². The first-order valence-corrected chi connectivity index (χ1v) is 9.34. The molecule has 0 aliphatic heterocycles. The number of ether oxygens (including phenoxy) is 2. The van der Waals surface area contributed by atoms with Gasteiger partial charge in [0.05, 0.1) is 24.8 Å². The van der Waals surface area contributed by atoms with Crippen LogP contribution in [-0.2, 0) is 24.3 Å². The summed E-state index contributed by atoms with van der Waals surface area (Å²) in [6, 6.07) is 12.1. The van der Waals surface area contributed by atoms with Gasteiger partial charge in [0.1, 0.15) is 12.3 Å². The van der Waals surface area contributed by atoms with Crippen molar-refractivity contribution >= 4 is 33.3 Å². The van der Waals surface area contributed by atoms with Crippen LogP contribution in [0, 0.1) is 0 Å². The van der Waals surface area contributed by atoms with E-state index in [-0.39, 0.29) is 16.5 Å². The van der Waals surface area contributed by atoms with E-state index in [2.05, 4.69) is 10.1 Å². The zero-order valence-electron chi connectivity index (χ0n) is 15.1. The molecule has 0 radical (unpaired) electrons. The summed E-state index contributed by atoms with van der Waals surface area (Å²) >= 11 is 0. The van der Waals surface area contributed by atoms with Gasteiger partial charge in [-0.25, -0.2) is 8.42 Å². The lowest BCUT2D eigenvalue weighted by Gasteiger charge is -2.25. The third kappa shape index (κ3) is 4.76. The van der Waals surface area contributed by atoms with Gasteiger partial charge in [0, 0.05) is 12.6 Å². The second kappa shape index (κ2) is 8.54. The molecule has 0 aromatic heterocycles. The quantitative estimate of drug-likeness (QED) is 0.724. The van der Waals surface area contributed by atoms with Gasteiger partial charge in [0.15, 0.2) is 0 Å². The van der Waals surface area contributed by atoms with Crippen LogP contribution in [0.2, 0.25) is 0 Å². The molecule has 2 aromatic rings. The van der Waals surface area contributed by atoms with Gasteiger partial charge in [-0.05, 0) is 36.4 Å². The van der Waals surface area contributed by atoms with Crippen molar-refractivity contribution in [1.82, 2.24) is 0 Å². The van der Waals surface area contributed by atoms with E-state index in [1.165, 1.54) is 51.5 Å². The Morgan fingerprint density at radius 2 is 1.67 bits per heavy atom. The average Bonchev–Trinajstić information content (AvgIpc) is 2.65. The summed E-state index contributed by atoms with van der Waals surface area (Å²) in [6.45, 7) is 0.830. The van der Waals surface area contributed by atoms with Crippen LogP contribution < -0.4 is 14.4 Å². The van der Waals surface area contributed by atoms with Crippen molar-refractivity contribution in [3.8, 4) is 5.75 Å². The van der Waals surface area contributed by atoms with Gasteiger partial charge in [-0.15, -0.1) is 0 Å². The zero-order chi connectivity index (χ0) is 20.0. The number of amides is 1. The van der Waals surface area contributed by atoms with Crippen molar-refractivity contribution in [1.29, 1.82) is 0 Å². The minimum atomic E-state index is -4.10. The normalized spacial score (nSPS) is 10.8. The number of sulfonamides is 1. The van der Waals surface area contributed by atoms with Crippen LogP contribution in [0.25, 0.3) is 0 Å². The fraction of sp³-hybridized carbons (Fsp3) is 0.222. The smallest absolute Gasteiger partial charge is 0.326 e. The molecule has 0 saturated carbocycles. The molecule has 0 aliphatic rings. The first-order chi connectivity index (χ1) is 12.8. The highest BCUT2D eigenvalue weighted by molar-refractivity contribution is 7.92. The van der Waals surface area contributed by atoms with Crippen molar-refractivity contribution in [2.24, 2.45) is 0 Å². The lowest BCUT2D eigenvalue weighted by atomic mass is 10.3. The molecule has 0 bridgehead atoms. The topological polar surface area (TPSA) is 102 Å². The third-order valence-corrected chi connectivity index (χ3v) is 5.39. The van der Waals surface area contributed by atoms with Crippen molar-refractivity contribution in [2.75, 3.05) is 30.4 Å². The molecular weight excluding hydrogens is 372 g/mol. The van der Waals surface area contributed by atoms with E-state index < -0.39 is 22.5 Å².